The van der Waals surface area contributed by atoms with E-state index < -0.39 is 0 Å². The summed E-state index contributed by atoms with van der Waals surface area (Å²) in [4.78, 5) is 4.57. The molecule has 5 nitrogen and oxygen atoms in total. The molecule has 0 fully saturated rings. The van der Waals surface area contributed by atoms with Crippen LogP contribution < -0.4 is 5.73 Å². The van der Waals surface area contributed by atoms with Crippen molar-refractivity contribution >= 4 is 33.8 Å². The van der Waals surface area contributed by atoms with Crippen molar-refractivity contribution in [2.45, 2.75) is 5.16 Å². The quantitative estimate of drug-likeness (QED) is 0.709. The van der Waals surface area contributed by atoms with Gasteiger partial charge >= 0.3 is 0 Å². The molecule has 3 N–H and O–H groups in total. The van der Waals surface area contributed by atoms with Crippen LogP contribution in [0.15, 0.2) is 29.4 Å². The first kappa shape index (κ1) is 11.4. The Hall–Kier alpha value is -1.66. The number of hydrogen-bond acceptors (Lipinski definition) is 4. The molecule has 2 heterocycles. The van der Waals surface area contributed by atoms with Crippen molar-refractivity contribution in [2.75, 3.05) is 12.3 Å². The van der Waals surface area contributed by atoms with E-state index in [1.54, 1.807) is 11.8 Å². The van der Waals surface area contributed by atoms with Crippen LogP contribution in [0.1, 0.15) is 0 Å². The van der Waals surface area contributed by atoms with Crippen molar-refractivity contribution in [3.05, 3.63) is 24.3 Å². The Bertz CT molecular complexity index is 706. The lowest BCUT2D eigenvalue weighted by molar-refractivity contribution is -0.360. The largest absolute Gasteiger partial charge is 0.357 e. The molecule has 0 saturated carbocycles. The molecule has 0 amide bonds. The minimum absolute atomic E-state index is 0.719. The highest BCUT2D eigenvalue weighted by atomic mass is 32.2. The first-order valence-electron chi connectivity index (χ1n) is 5.81. The van der Waals surface area contributed by atoms with Gasteiger partial charge in [0.05, 0.1) is 17.8 Å². The maximum atomic E-state index is 4.57. The SMILES string of the molecule is Cn1c2ccccc2c2nnc(SCC[NH3+])nc21. The molecule has 0 aliphatic heterocycles. The lowest BCUT2D eigenvalue weighted by atomic mass is 10.2. The van der Waals surface area contributed by atoms with E-state index in [-0.39, 0.29) is 0 Å². The Balaban J connectivity index is 2.22. The van der Waals surface area contributed by atoms with E-state index in [0.29, 0.717) is 0 Å². The third-order valence-corrected chi connectivity index (χ3v) is 3.79. The molecule has 0 radical (unpaired) electrons. The predicted octanol–water partition coefficient (Wildman–Crippen LogP) is 0.850. The average Bonchev–Trinajstić information content (AvgIpc) is 2.71. The van der Waals surface area contributed by atoms with Gasteiger partial charge in [-0.1, -0.05) is 30.0 Å². The summed E-state index contributed by atoms with van der Waals surface area (Å²) in [5.74, 6) is 0.914. The number of aromatic nitrogens is 4. The maximum absolute atomic E-state index is 4.57. The molecule has 2 aromatic heterocycles. The van der Waals surface area contributed by atoms with Crippen molar-refractivity contribution in [1.29, 1.82) is 0 Å². The molecule has 3 rings (SSSR count). The van der Waals surface area contributed by atoms with E-state index in [1.165, 1.54) is 0 Å². The van der Waals surface area contributed by atoms with Gasteiger partial charge in [-0.25, -0.2) is 4.98 Å². The number of hydrogen-bond donors (Lipinski definition) is 1. The van der Waals surface area contributed by atoms with Crippen LogP contribution >= 0.6 is 11.8 Å². The van der Waals surface area contributed by atoms with Gasteiger partial charge in [-0.15, -0.1) is 10.2 Å². The standard InChI is InChI=1S/C12H13N5S/c1-17-9-5-3-2-4-8(9)10-11(17)14-12(16-15-10)18-7-6-13/h2-5H,6-7,13H2,1H3/p+1. The maximum Gasteiger partial charge on any atom is 0.211 e. The first-order valence-corrected chi connectivity index (χ1v) is 6.79. The molecule has 0 unspecified atom stereocenters. The zero-order valence-corrected chi connectivity index (χ0v) is 10.9. The van der Waals surface area contributed by atoms with Gasteiger partial charge in [-0.3, -0.25) is 0 Å². The van der Waals surface area contributed by atoms with Gasteiger partial charge in [0.1, 0.15) is 5.52 Å². The topological polar surface area (TPSA) is 71.2 Å². The second kappa shape index (κ2) is 4.55. The molecular weight excluding hydrogens is 246 g/mol. The number of nitrogens with zero attached hydrogens (tertiary/aromatic N) is 4. The molecule has 0 aliphatic rings. The van der Waals surface area contributed by atoms with Crippen LogP contribution in [-0.4, -0.2) is 32.0 Å². The monoisotopic (exact) mass is 260 g/mol. The molecule has 0 aliphatic carbocycles. The number of thioether (sulfide) groups is 1. The highest BCUT2D eigenvalue weighted by Gasteiger charge is 2.11. The van der Waals surface area contributed by atoms with Gasteiger partial charge in [0, 0.05) is 12.4 Å². The van der Waals surface area contributed by atoms with E-state index in [4.69, 9.17) is 0 Å². The number of rotatable bonds is 3. The Labute approximate surface area is 108 Å². The Kier molecular flexibility index (Phi) is 2.89. The van der Waals surface area contributed by atoms with Crippen molar-refractivity contribution in [2.24, 2.45) is 7.05 Å². The van der Waals surface area contributed by atoms with Crippen LogP contribution in [-0.2, 0) is 7.05 Å². The first-order chi connectivity index (χ1) is 8.81. The van der Waals surface area contributed by atoms with Gasteiger partial charge in [-0.05, 0) is 6.07 Å². The van der Waals surface area contributed by atoms with Crippen LogP contribution in [0.25, 0.3) is 22.1 Å². The van der Waals surface area contributed by atoms with Crippen molar-refractivity contribution in [1.82, 2.24) is 19.7 Å². The van der Waals surface area contributed by atoms with Crippen molar-refractivity contribution in [3.8, 4) is 0 Å². The lowest BCUT2D eigenvalue weighted by Crippen LogP contribution is -2.51. The average molecular weight is 260 g/mol. The Morgan fingerprint density at radius 2 is 2.11 bits per heavy atom. The summed E-state index contributed by atoms with van der Waals surface area (Å²) in [6.45, 7) is 0.862. The van der Waals surface area contributed by atoms with Gasteiger partial charge in [0.2, 0.25) is 5.16 Å². The summed E-state index contributed by atoms with van der Waals surface area (Å²) in [5, 5.41) is 10.3. The predicted molar refractivity (Wildman–Crippen MR) is 72.3 cm³/mol. The summed E-state index contributed by atoms with van der Waals surface area (Å²) < 4.78 is 2.06. The number of benzene rings is 1. The number of para-hydroxylation sites is 1. The van der Waals surface area contributed by atoms with Gasteiger partial charge in [-0.2, -0.15) is 0 Å². The number of aryl methyl sites for hydroxylation is 1. The second-order valence-electron chi connectivity index (χ2n) is 4.04. The number of fused-ring (bicyclic) bond motifs is 3. The Morgan fingerprint density at radius 1 is 1.28 bits per heavy atom. The zero-order valence-electron chi connectivity index (χ0n) is 10.1. The van der Waals surface area contributed by atoms with E-state index in [2.05, 4.69) is 37.6 Å². The molecule has 3 aromatic rings. The van der Waals surface area contributed by atoms with Gasteiger partial charge in [0.15, 0.2) is 5.65 Å². The summed E-state index contributed by atoms with van der Waals surface area (Å²) in [7, 11) is 2.01. The van der Waals surface area contributed by atoms with Crippen LogP contribution in [0.2, 0.25) is 0 Å². The molecule has 1 aromatic carbocycles. The van der Waals surface area contributed by atoms with Crippen LogP contribution in [0.3, 0.4) is 0 Å². The van der Waals surface area contributed by atoms with E-state index in [1.807, 2.05) is 19.2 Å². The fourth-order valence-electron chi connectivity index (χ4n) is 2.02. The normalized spacial score (nSPS) is 11.4. The van der Waals surface area contributed by atoms with Gasteiger partial charge < -0.3 is 10.3 Å². The van der Waals surface area contributed by atoms with Crippen LogP contribution in [0.4, 0.5) is 0 Å². The second-order valence-corrected chi connectivity index (χ2v) is 5.11. The molecular formula is C12H14N5S+. The fraction of sp³-hybridized carbons (Fsp3) is 0.250. The third kappa shape index (κ3) is 1.74. The van der Waals surface area contributed by atoms with E-state index >= 15 is 0 Å². The third-order valence-electron chi connectivity index (χ3n) is 2.86. The fourth-order valence-corrected chi connectivity index (χ4v) is 2.59. The summed E-state index contributed by atoms with van der Waals surface area (Å²) in [5.41, 5.74) is 6.70. The summed E-state index contributed by atoms with van der Waals surface area (Å²) in [6, 6.07) is 8.15. The number of quaternary nitrogens is 1. The minimum Gasteiger partial charge on any atom is -0.357 e. The molecule has 0 atom stereocenters. The zero-order chi connectivity index (χ0) is 12.5. The highest BCUT2D eigenvalue weighted by Crippen LogP contribution is 2.25. The molecule has 6 heteroatoms. The van der Waals surface area contributed by atoms with Crippen molar-refractivity contribution in [3.63, 3.8) is 0 Å². The van der Waals surface area contributed by atoms with Crippen molar-refractivity contribution < 1.29 is 5.73 Å². The highest BCUT2D eigenvalue weighted by molar-refractivity contribution is 7.99. The smallest absolute Gasteiger partial charge is 0.211 e. The molecule has 92 valence electrons. The minimum atomic E-state index is 0.719. The molecule has 0 spiro atoms. The van der Waals surface area contributed by atoms with Crippen LogP contribution in [0, 0.1) is 0 Å². The molecule has 0 bridgehead atoms. The molecule has 0 saturated heterocycles. The summed E-state index contributed by atoms with van der Waals surface area (Å²) >= 11 is 1.59. The van der Waals surface area contributed by atoms with Crippen LogP contribution in [0.5, 0.6) is 0 Å². The van der Waals surface area contributed by atoms with E-state index in [0.717, 1.165) is 39.5 Å². The summed E-state index contributed by atoms with van der Waals surface area (Å²) in [6.07, 6.45) is 0. The van der Waals surface area contributed by atoms with Gasteiger partial charge in [0.25, 0.3) is 0 Å². The van der Waals surface area contributed by atoms with E-state index in [9.17, 15) is 0 Å². The molecule has 18 heavy (non-hydrogen) atoms. The lowest BCUT2D eigenvalue weighted by Gasteiger charge is -1.98. The Morgan fingerprint density at radius 3 is 2.94 bits per heavy atom.